The van der Waals surface area contributed by atoms with Crippen LogP contribution in [0.3, 0.4) is 0 Å². The molecule has 3 heteroatoms. The van der Waals surface area contributed by atoms with Gasteiger partial charge in [-0.05, 0) is 43.2 Å². The fourth-order valence-electron chi connectivity index (χ4n) is 3.11. The molecule has 1 aromatic carbocycles. The third-order valence-corrected chi connectivity index (χ3v) is 4.40. The topological polar surface area (TPSA) is 20.3 Å². The summed E-state index contributed by atoms with van der Waals surface area (Å²) in [5, 5.41) is 0. The molecule has 0 atom stereocenters. The molecule has 0 saturated carbocycles. The van der Waals surface area contributed by atoms with Gasteiger partial charge in [0.1, 0.15) is 5.82 Å². The molecule has 1 heterocycles. The van der Waals surface area contributed by atoms with Gasteiger partial charge in [0.05, 0.1) is 11.3 Å². The summed E-state index contributed by atoms with van der Waals surface area (Å²) >= 11 is 0. The summed E-state index contributed by atoms with van der Waals surface area (Å²) in [5.41, 5.74) is 1.31. The number of carbonyl (C=O) groups excluding carboxylic acids is 1. The molecule has 1 aliphatic heterocycles. The zero-order chi connectivity index (χ0) is 14.9. The van der Waals surface area contributed by atoms with Gasteiger partial charge in [0.25, 0.3) is 0 Å². The third-order valence-electron chi connectivity index (χ3n) is 4.40. The number of carbonyl (C=O) groups is 1. The molecule has 110 valence electrons. The van der Waals surface area contributed by atoms with E-state index in [1.165, 1.54) is 13.0 Å². The van der Waals surface area contributed by atoms with Gasteiger partial charge in [0, 0.05) is 13.1 Å². The molecule has 0 amide bonds. The van der Waals surface area contributed by atoms with E-state index in [4.69, 9.17) is 0 Å². The quantitative estimate of drug-likeness (QED) is 0.752. The zero-order valence-corrected chi connectivity index (χ0v) is 12.9. The number of piperidine rings is 1. The Morgan fingerprint density at radius 3 is 2.35 bits per heavy atom. The number of hydrogen-bond acceptors (Lipinski definition) is 2. The van der Waals surface area contributed by atoms with Gasteiger partial charge in [-0.15, -0.1) is 0 Å². The van der Waals surface area contributed by atoms with Gasteiger partial charge in [-0.3, -0.25) is 4.79 Å². The molecule has 0 spiro atoms. The molecular weight excluding hydrogens is 253 g/mol. The molecular formula is C17H24FNO. The van der Waals surface area contributed by atoms with Gasteiger partial charge in [-0.25, -0.2) is 4.39 Å². The van der Waals surface area contributed by atoms with Gasteiger partial charge in [0.15, 0.2) is 5.78 Å². The fourth-order valence-corrected chi connectivity index (χ4v) is 3.11. The van der Waals surface area contributed by atoms with E-state index in [9.17, 15) is 9.18 Å². The number of anilines is 1. The highest BCUT2D eigenvalue weighted by Gasteiger charge is 2.30. The first kappa shape index (κ1) is 15.0. The van der Waals surface area contributed by atoms with Crippen molar-refractivity contribution in [2.45, 2.75) is 40.5 Å². The molecule has 0 N–H and O–H groups in total. The summed E-state index contributed by atoms with van der Waals surface area (Å²) in [6.07, 6.45) is 2.19. The highest BCUT2D eigenvalue weighted by atomic mass is 19.1. The SMILES string of the molecule is CC(=O)c1c(F)cccc1N1CCC(C(C)(C)C)CC1. The van der Waals surface area contributed by atoms with Crippen molar-refractivity contribution in [1.29, 1.82) is 0 Å². The van der Waals surface area contributed by atoms with Gasteiger partial charge >= 0.3 is 0 Å². The number of rotatable bonds is 2. The highest BCUT2D eigenvalue weighted by Crippen LogP contribution is 2.36. The van der Waals surface area contributed by atoms with Crippen molar-refractivity contribution in [2.24, 2.45) is 11.3 Å². The lowest BCUT2D eigenvalue weighted by molar-refractivity contribution is 0.101. The number of Topliss-reactive ketones (excluding diaryl/α,β-unsaturated/α-hetero) is 1. The summed E-state index contributed by atoms with van der Waals surface area (Å²) in [6.45, 7) is 10.0. The standard InChI is InChI=1S/C17H24FNO/c1-12(20)16-14(18)6-5-7-15(16)19-10-8-13(9-11-19)17(2,3)4/h5-7,13H,8-11H2,1-4H3. The maximum absolute atomic E-state index is 13.9. The maximum Gasteiger partial charge on any atom is 0.164 e. The minimum absolute atomic E-state index is 0.198. The minimum atomic E-state index is -0.409. The Kier molecular flexibility index (Phi) is 4.17. The molecule has 1 fully saturated rings. The van der Waals surface area contributed by atoms with Crippen LogP contribution < -0.4 is 4.90 Å². The Bertz CT molecular complexity index is 496. The Labute approximate surface area is 121 Å². The second kappa shape index (κ2) is 5.55. The Balaban J connectivity index is 2.19. The van der Waals surface area contributed by atoms with Crippen LogP contribution >= 0.6 is 0 Å². The van der Waals surface area contributed by atoms with Crippen molar-refractivity contribution in [2.75, 3.05) is 18.0 Å². The normalized spacial score (nSPS) is 17.4. The van der Waals surface area contributed by atoms with E-state index >= 15 is 0 Å². The smallest absolute Gasteiger partial charge is 0.164 e. The number of nitrogens with zero attached hydrogens (tertiary/aromatic N) is 1. The molecule has 0 aromatic heterocycles. The Morgan fingerprint density at radius 2 is 1.85 bits per heavy atom. The van der Waals surface area contributed by atoms with E-state index in [0.29, 0.717) is 11.3 Å². The van der Waals surface area contributed by atoms with E-state index in [1.54, 1.807) is 6.07 Å². The van der Waals surface area contributed by atoms with Crippen molar-refractivity contribution in [3.8, 4) is 0 Å². The number of hydrogen-bond donors (Lipinski definition) is 0. The van der Waals surface area contributed by atoms with Crippen molar-refractivity contribution in [1.82, 2.24) is 0 Å². The number of benzene rings is 1. The van der Waals surface area contributed by atoms with Crippen molar-refractivity contribution < 1.29 is 9.18 Å². The molecule has 20 heavy (non-hydrogen) atoms. The first-order valence-corrected chi connectivity index (χ1v) is 7.35. The largest absolute Gasteiger partial charge is 0.371 e. The van der Waals surface area contributed by atoms with Crippen LogP contribution in [-0.2, 0) is 0 Å². The first-order valence-electron chi connectivity index (χ1n) is 7.35. The lowest BCUT2D eigenvalue weighted by Crippen LogP contribution is -2.38. The second-order valence-corrected chi connectivity index (χ2v) is 6.82. The molecule has 1 aliphatic rings. The molecule has 2 rings (SSSR count). The van der Waals surface area contributed by atoms with Gasteiger partial charge in [-0.2, -0.15) is 0 Å². The van der Waals surface area contributed by atoms with Gasteiger partial charge < -0.3 is 4.90 Å². The van der Waals surface area contributed by atoms with Crippen LogP contribution in [-0.4, -0.2) is 18.9 Å². The minimum Gasteiger partial charge on any atom is -0.371 e. The Morgan fingerprint density at radius 1 is 1.25 bits per heavy atom. The predicted molar refractivity (Wildman–Crippen MR) is 80.8 cm³/mol. The van der Waals surface area contributed by atoms with Crippen molar-refractivity contribution >= 4 is 11.5 Å². The van der Waals surface area contributed by atoms with Crippen LogP contribution in [0.2, 0.25) is 0 Å². The fraction of sp³-hybridized carbons (Fsp3) is 0.588. The van der Waals surface area contributed by atoms with Crippen molar-refractivity contribution in [3.05, 3.63) is 29.6 Å². The number of halogens is 1. The average Bonchev–Trinajstić information content (AvgIpc) is 2.37. The molecule has 0 bridgehead atoms. The van der Waals surface area contributed by atoms with E-state index in [0.717, 1.165) is 31.6 Å². The van der Waals surface area contributed by atoms with E-state index in [-0.39, 0.29) is 11.3 Å². The third kappa shape index (κ3) is 3.02. The zero-order valence-electron chi connectivity index (χ0n) is 12.9. The lowest BCUT2D eigenvalue weighted by atomic mass is 9.75. The summed E-state index contributed by atoms with van der Waals surface area (Å²) in [4.78, 5) is 13.8. The molecule has 0 unspecified atom stereocenters. The number of ketones is 1. The van der Waals surface area contributed by atoms with Crippen LogP contribution in [0.15, 0.2) is 18.2 Å². The van der Waals surface area contributed by atoms with Crippen LogP contribution in [0.25, 0.3) is 0 Å². The van der Waals surface area contributed by atoms with Crippen LogP contribution in [0, 0.1) is 17.2 Å². The Hall–Kier alpha value is -1.38. The molecule has 0 aliphatic carbocycles. The monoisotopic (exact) mass is 277 g/mol. The lowest BCUT2D eigenvalue weighted by Gasteiger charge is -2.40. The van der Waals surface area contributed by atoms with Crippen LogP contribution in [0.4, 0.5) is 10.1 Å². The summed E-state index contributed by atoms with van der Waals surface area (Å²) < 4.78 is 13.9. The first-order chi connectivity index (χ1) is 9.30. The predicted octanol–water partition coefficient (Wildman–Crippen LogP) is 4.29. The molecule has 0 radical (unpaired) electrons. The van der Waals surface area contributed by atoms with E-state index in [1.807, 2.05) is 6.07 Å². The molecule has 1 saturated heterocycles. The average molecular weight is 277 g/mol. The summed E-state index contributed by atoms with van der Waals surface area (Å²) in [6, 6.07) is 4.91. The maximum atomic E-state index is 13.9. The van der Waals surface area contributed by atoms with E-state index < -0.39 is 5.82 Å². The highest BCUT2D eigenvalue weighted by molar-refractivity contribution is 6.00. The van der Waals surface area contributed by atoms with Gasteiger partial charge in [-0.1, -0.05) is 26.8 Å². The van der Waals surface area contributed by atoms with Crippen LogP contribution in [0.5, 0.6) is 0 Å². The van der Waals surface area contributed by atoms with Crippen LogP contribution in [0.1, 0.15) is 50.9 Å². The molecule has 2 nitrogen and oxygen atoms in total. The van der Waals surface area contributed by atoms with Gasteiger partial charge in [0.2, 0.25) is 0 Å². The van der Waals surface area contributed by atoms with E-state index in [2.05, 4.69) is 25.7 Å². The van der Waals surface area contributed by atoms with Crippen molar-refractivity contribution in [3.63, 3.8) is 0 Å². The summed E-state index contributed by atoms with van der Waals surface area (Å²) in [7, 11) is 0. The second-order valence-electron chi connectivity index (χ2n) is 6.82. The summed E-state index contributed by atoms with van der Waals surface area (Å²) in [5.74, 6) is 0.0806. The molecule has 1 aromatic rings.